The number of aromatic carboxylic acids is 1. The summed E-state index contributed by atoms with van der Waals surface area (Å²) in [6.45, 7) is 1.01. The van der Waals surface area contributed by atoms with Gasteiger partial charge in [0, 0.05) is 37.2 Å². The summed E-state index contributed by atoms with van der Waals surface area (Å²) in [4.78, 5) is 27.9. The van der Waals surface area contributed by atoms with Crippen LogP contribution in [0.1, 0.15) is 15.9 Å². The lowest BCUT2D eigenvalue weighted by atomic mass is 10.1. The molecule has 3 N–H and O–H groups in total. The number of rotatable bonds is 7. The minimum Gasteiger partial charge on any atom is -0.478 e. The van der Waals surface area contributed by atoms with E-state index in [0.717, 1.165) is 0 Å². The first-order chi connectivity index (χ1) is 13.2. The van der Waals surface area contributed by atoms with E-state index in [4.69, 9.17) is 5.26 Å². The predicted octanol–water partition coefficient (Wildman–Crippen LogP) is 2.03. The molecule has 3 rings (SSSR count). The van der Waals surface area contributed by atoms with Crippen LogP contribution in [0, 0.1) is 11.3 Å². The fourth-order valence-electron chi connectivity index (χ4n) is 2.29. The van der Waals surface area contributed by atoms with Crippen molar-refractivity contribution in [2.45, 2.75) is 0 Å². The number of nitriles is 1. The Morgan fingerprint density at radius 3 is 2.33 bits per heavy atom. The molecular formula is C18H15N7O2. The van der Waals surface area contributed by atoms with E-state index >= 15 is 0 Å². The van der Waals surface area contributed by atoms with Crippen LogP contribution < -0.4 is 10.6 Å². The highest BCUT2D eigenvalue weighted by Gasteiger charge is 2.15. The van der Waals surface area contributed by atoms with Crippen LogP contribution in [0.25, 0.3) is 11.3 Å². The van der Waals surface area contributed by atoms with Crippen molar-refractivity contribution in [3.8, 4) is 17.3 Å². The van der Waals surface area contributed by atoms with Gasteiger partial charge in [0.1, 0.15) is 5.56 Å². The minimum absolute atomic E-state index is 0.0129. The van der Waals surface area contributed by atoms with Crippen molar-refractivity contribution in [2.75, 3.05) is 23.7 Å². The molecule has 0 aliphatic heterocycles. The third-order valence-corrected chi connectivity index (χ3v) is 3.56. The van der Waals surface area contributed by atoms with Crippen LogP contribution >= 0.6 is 0 Å². The first-order valence-corrected chi connectivity index (χ1v) is 8.03. The van der Waals surface area contributed by atoms with E-state index in [-0.39, 0.29) is 11.3 Å². The Hall–Kier alpha value is -4.06. The summed E-state index contributed by atoms with van der Waals surface area (Å²) >= 11 is 0. The van der Waals surface area contributed by atoms with Crippen LogP contribution in [0.2, 0.25) is 0 Å². The summed E-state index contributed by atoms with van der Waals surface area (Å²) in [5.41, 5.74) is 1.34. The molecule has 2 aromatic heterocycles. The highest BCUT2D eigenvalue weighted by Crippen LogP contribution is 2.23. The Morgan fingerprint density at radius 2 is 1.70 bits per heavy atom. The third kappa shape index (κ3) is 4.52. The van der Waals surface area contributed by atoms with Gasteiger partial charge in [-0.2, -0.15) is 5.26 Å². The Morgan fingerprint density at radius 1 is 1.04 bits per heavy atom. The maximum Gasteiger partial charge on any atom is 0.339 e. The zero-order valence-corrected chi connectivity index (χ0v) is 14.1. The number of hydrogen-bond donors (Lipinski definition) is 3. The highest BCUT2D eigenvalue weighted by molar-refractivity contribution is 5.94. The molecule has 0 aliphatic carbocycles. The number of benzene rings is 1. The SMILES string of the molecule is N#Cc1ccc(-c2nc(NCCNc3ncccn3)ncc2C(=O)O)cc1. The first kappa shape index (κ1) is 17.8. The van der Waals surface area contributed by atoms with E-state index in [2.05, 4.69) is 30.6 Å². The van der Waals surface area contributed by atoms with Gasteiger partial charge >= 0.3 is 5.97 Å². The Kier molecular flexibility index (Phi) is 5.49. The smallest absolute Gasteiger partial charge is 0.339 e. The van der Waals surface area contributed by atoms with Gasteiger partial charge in [0.15, 0.2) is 0 Å². The molecule has 0 amide bonds. The Balaban J connectivity index is 1.73. The number of aromatic nitrogens is 4. The van der Waals surface area contributed by atoms with E-state index in [1.54, 1.807) is 42.7 Å². The molecule has 0 radical (unpaired) electrons. The molecule has 0 spiro atoms. The quantitative estimate of drug-likeness (QED) is 0.540. The fourth-order valence-corrected chi connectivity index (χ4v) is 2.29. The van der Waals surface area contributed by atoms with Crippen LogP contribution in [-0.2, 0) is 0 Å². The van der Waals surface area contributed by atoms with Crippen molar-refractivity contribution in [2.24, 2.45) is 0 Å². The maximum absolute atomic E-state index is 11.5. The number of nitrogens with zero attached hydrogens (tertiary/aromatic N) is 5. The van der Waals surface area contributed by atoms with Gasteiger partial charge in [-0.15, -0.1) is 0 Å². The summed E-state index contributed by atoms with van der Waals surface area (Å²) < 4.78 is 0. The summed E-state index contributed by atoms with van der Waals surface area (Å²) in [6.07, 6.45) is 4.54. The van der Waals surface area contributed by atoms with Crippen molar-refractivity contribution in [1.29, 1.82) is 5.26 Å². The van der Waals surface area contributed by atoms with Crippen LogP contribution in [0.4, 0.5) is 11.9 Å². The molecule has 0 aliphatic rings. The van der Waals surface area contributed by atoms with Gasteiger partial charge in [-0.25, -0.2) is 24.7 Å². The number of nitrogens with one attached hydrogen (secondary N) is 2. The summed E-state index contributed by atoms with van der Waals surface area (Å²) in [5.74, 6) is -0.307. The Labute approximate surface area is 154 Å². The zero-order valence-electron chi connectivity index (χ0n) is 14.1. The topological polar surface area (TPSA) is 137 Å². The molecule has 2 heterocycles. The molecule has 0 saturated heterocycles. The fraction of sp³-hybridized carbons (Fsp3) is 0.111. The largest absolute Gasteiger partial charge is 0.478 e. The van der Waals surface area contributed by atoms with E-state index in [1.165, 1.54) is 6.20 Å². The van der Waals surface area contributed by atoms with Gasteiger partial charge in [0.05, 0.1) is 17.3 Å². The van der Waals surface area contributed by atoms with E-state index < -0.39 is 5.97 Å². The monoisotopic (exact) mass is 361 g/mol. The molecule has 9 heteroatoms. The van der Waals surface area contributed by atoms with Crippen LogP contribution in [0.15, 0.2) is 48.9 Å². The lowest BCUT2D eigenvalue weighted by molar-refractivity contribution is 0.0697. The number of carboxylic acid groups (broad SMARTS) is 1. The number of carboxylic acids is 1. The summed E-state index contributed by atoms with van der Waals surface area (Å²) in [6, 6.07) is 10.3. The van der Waals surface area contributed by atoms with Crippen LogP contribution in [-0.4, -0.2) is 44.1 Å². The molecule has 0 saturated carbocycles. The second kappa shape index (κ2) is 8.35. The summed E-state index contributed by atoms with van der Waals surface area (Å²) in [7, 11) is 0. The number of anilines is 2. The molecule has 134 valence electrons. The lowest BCUT2D eigenvalue weighted by Crippen LogP contribution is -2.17. The lowest BCUT2D eigenvalue weighted by Gasteiger charge is -2.10. The molecule has 0 fully saturated rings. The van der Waals surface area contributed by atoms with Crippen LogP contribution in [0.5, 0.6) is 0 Å². The second-order valence-corrected chi connectivity index (χ2v) is 5.38. The van der Waals surface area contributed by atoms with Crippen molar-refractivity contribution < 1.29 is 9.90 Å². The van der Waals surface area contributed by atoms with Crippen molar-refractivity contribution in [3.05, 3.63) is 60.0 Å². The normalized spacial score (nSPS) is 10.0. The average Bonchev–Trinajstić information content (AvgIpc) is 2.72. The summed E-state index contributed by atoms with van der Waals surface area (Å²) in [5, 5.41) is 24.3. The highest BCUT2D eigenvalue weighted by atomic mass is 16.4. The van der Waals surface area contributed by atoms with E-state index in [9.17, 15) is 9.90 Å². The standard InChI is InChI=1S/C18H15N7O2/c19-10-12-2-4-13(5-3-12)15-14(16(26)27)11-24-18(25-15)23-9-8-22-17-20-6-1-7-21-17/h1-7,11H,8-9H2,(H,26,27)(H,20,21,22)(H,23,24,25). The molecular weight excluding hydrogens is 346 g/mol. The predicted molar refractivity (Wildman–Crippen MR) is 98.2 cm³/mol. The number of hydrogen-bond acceptors (Lipinski definition) is 8. The second-order valence-electron chi connectivity index (χ2n) is 5.38. The number of carbonyl (C=O) groups is 1. The van der Waals surface area contributed by atoms with Gasteiger partial charge in [0.2, 0.25) is 11.9 Å². The Bertz CT molecular complexity index is 969. The zero-order chi connectivity index (χ0) is 19.1. The molecule has 1 aromatic carbocycles. The molecule has 3 aromatic rings. The minimum atomic E-state index is -1.12. The third-order valence-electron chi connectivity index (χ3n) is 3.56. The van der Waals surface area contributed by atoms with Crippen molar-refractivity contribution in [3.63, 3.8) is 0 Å². The van der Waals surface area contributed by atoms with Gasteiger partial charge < -0.3 is 15.7 Å². The van der Waals surface area contributed by atoms with Crippen LogP contribution in [0.3, 0.4) is 0 Å². The maximum atomic E-state index is 11.5. The molecule has 0 unspecified atom stereocenters. The van der Waals surface area contributed by atoms with Crippen molar-refractivity contribution >= 4 is 17.9 Å². The molecule has 27 heavy (non-hydrogen) atoms. The molecule has 9 nitrogen and oxygen atoms in total. The van der Waals surface area contributed by atoms with Gasteiger partial charge in [-0.1, -0.05) is 12.1 Å². The van der Waals surface area contributed by atoms with Gasteiger partial charge in [-0.05, 0) is 18.2 Å². The molecule has 0 atom stereocenters. The van der Waals surface area contributed by atoms with Crippen molar-refractivity contribution in [1.82, 2.24) is 19.9 Å². The first-order valence-electron chi connectivity index (χ1n) is 8.03. The average molecular weight is 361 g/mol. The van der Waals surface area contributed by atoms with E-state index in [1.807, 2.05) is 6.07 Å². The van der Waals surface area contributed by atoms with E-state index in [0.29, 0.717) is 36.1 Å². The van der Waals surface area contributed by atoms with Gasteiger partial charge in [0.25, 0.3) is 0 Å². The molecule has 0 bridgehead atoms. The van der Waals surface area contributed by atoms with Gasteiger partial charge in [-0.3, -0.25) is 0 Å².